The van der Waals surface area contributed by atoms with Gasteiger partial charge in [-0.05, 0) is 55.5 Å². The smallest absolute Gasteiger partial charge is 0.331 e. The zero-order chi connectivity index (χ0) is 20.9. The molecule has 0 amide bonds. The minimum Gasteiger partial charge on any atom is -0.331 e. The molecule has 0 saturated heterocycles. The normalized spacial score (nSPS) is 12.9. The number of nitrogens with zero attached hydrogens (tertiary/aromatic N) is 3. The standard InChI is InChI=1S/C21H23F3N4S/c1-3-5-9-16-15-28(27-25-16)17-10-8-11-18(14-17)29(4-2)26-20-13-7-6-12-19(20)21(22,23)24/h4,6-8,10-15,26H,3,5,9H2,1-2H3. The maximum absolute atomic E-state index is 13.3. The molecule has 3 aromatic rings. The minimum atomic E-state index is -4.41. The lowest BCUT2D eigenvalue weighted by molar-refractivity contribution is -0.136. The number of alkyl halides is 3. The molecule has 1 aromatic heterocycles. The first-order chi connectivity index (χ1) is 13.9. The van der Waals surface area contributed by atoms with Crippen molar-refractivity contribution in [3.63, 3.8) is 0 Å². The minimum absolute atomic E-state index is 0.0643. The average molecular weight is 421 g/mol. The zero-order valence-corrected chi connectivity index (χ0v) is 17.1. The molecule has 0 spiro atoms. The van der Waals surface area contributed by atoms with Crippen molar-refractivity contribution in [2.45, 2.75) is 44.2 Å². The number of unbranched alkanes of at least 4 members (excludes halogenated alkanes) is 1. The second kappa shape index (κ2) is 9.26. The molecule has 0 bridgehead atoms. The zero-order valence-electron chi connectivity index (χ0n) is 16.3. The number of nitrogens with one attached hydrogen (secondary N) is 1. The van der Waals surface area contributed by atoms with Gasteiger partial charge in [0.2, 0.25) is 0 Å². The Balaban J connectivity index is 1.87. The van der Waals surface area contributed by atoms with Crippen molar-refractivity contribution in [3.05, 3.63) is 66.0 Å². The highest BCUT2D eigenvalue weighted by atomic mass is 32.2. The van der Waals surface area contributed by atoms with Gasteiger partial charge in [-0.3, -0.25) is 0 Å². The molecule has 1 atom stereocenters. The largest absolute Gasteiger partial charge is 0.418 e. The van der Waals surface area contributed by atoms with E-state index in [2.05, 4.69) is 22.0 Å². The average Bonchev–Trinajstić information content (AvgIpc) is 3.19. The van der Waals surface area contributed by atoms with Crippen molar-refractivity contribution < 1.29 is 13.2 Å². The van der Waals surface area contributed by atoms with E-state index in [4.69, 9.17) is 0 Å². The fraction of sp³-hybridized carbons (Fsp3) is 0.286. The van der Waals surface area contributed by atoms with Gasteiger partial charge in [0.15, 0.2) is 0 Å². The van der Waals surface area contributed by atoms with Crippen LogP contribution >= 0.6 is 10.7 Å². The van der Waals surface area contributed by atoms with Crippen LogP contribution < -0.4 is 4.72 Å². The summed E-state index contributed by atoms with van der Waals surface area (Å²) in [7, 11) is -0.709. The van der Waals surface area contributed by atoms with E-state index in [9.17, 15) is 13.2 Å². The van der Waals surface area contributed by atoms with E-state index in [1.165, 1.54) is 12.1 Å². The summed E-state index contributed by atoms with van der Waals surface area (Å²) in [6, 6.07) is 13.1. The quantitative estimate of drug-likeness (QED) is 0.469. The molecule has 1 heterocycles. The summed E-state index contributed by atoms with van der Waals surface area (Å²) in [4.78, 5) is 0.868. The molecule has 29 heavy (non-hydrogen) atoms. The Bertz CT molecular complexity index is 995. The van der Waals surface area contributed by atoms with E-state index in [-0.39, 0.29) is 5.69 Å². The molecule has 1 N–H and O–H groups in total. The molecule has 0 saturated carbocycles. The van der Waals surface area contributed by atoms with Gasteiger partial charge in [0, 0.05) is 4.90 Å². The van der Waals surface area contributed by atoms with Gasteiger partial charge in [0.25, 0.3) is 0 Å². The number of rotatable bonds is 7. The van der Waals surface area contributed by atoms with E-state index < -0.39 is 22.4 Å². The monoisotopic (exact) mass is 420 g/mol. The van der Waals surface area contributed by atoms with Crippen molar-refractivity contribution in [2.24, 2.45) is 0 Å². The third-order valence-electron chi connectivity index (χ3n) is 4.35. The van der Waals surface area contributed by atoms with Gasteiger partial charge in [-0.25, -0.2) is 4.68 Å². The van der Waals surface area contributed by atoms with Crippen LogP contribution in [0.4, 0.5) is 18.9 Å². The summed E-state index contributed by atoms with van der Waals surface area (Å²) < 4.78 is 44.7. The molecule has 154 valence electrons. The van der Waals surface area contributed by atoms with Crippen LogP contribution in [0.1, 0.15) is 37.9 Å². The lowest BCUT2D eigenvalue weighted by Gasteiger charge is -2.18. The SMILES string of the molecule is C/C=S(\Nc1ccccc1C(F)(F)F)c1cccc(-n2cc(CCCC)nn2)c1. The lowest BCUT2D eigenvalue weighted by atomic mass is 10.2. The van der Waals surface area contributed by atoms with Crippen molar-refractivity contribution in [1.29, 1.82) is 0 Å². The molecule has 4 nitrogen and oxygen atoms in total. The number of hydrogen-bond acceptors (Lipinski definition) is 3. The number of benzene rings is 2. The third-order valence-corrected chi connectivity index (χ3v) is 6.02. The Kier molecular flexibility index (Phi) is 6.74. The summed E-state index contributed by atoms with van der Waals surface area (Å²) in [5, 5.41) is 10.2. The fourth-order valence-electron chi connectivity index (χ4n) is 2.85. The summed E-state index contributed by atoms with van der Waals surface area (Å²) in [6.07, 6.45) is 0.496. The predicted octanol–water partition coefficient (Wildman–Crippen LogP) is 6.11. The van der Waals surface area contributed by atoms with Crippen LogP contribution in [0.5, 0.6) is 0 Å². The highest BCUT2D eigenvalue weighted by molar-refractivity contribution is 8.16. The van der Waals surface area contributed by atoms with Gasteiger partial charge in [-0.2, -0.15) is 13.2 Å². The van der Waals surface area contributed by atoms with Gasteiger partial charge in [0.05, 0.1) is 28.8 Å². The molecule has 0 aliphatic heterocycles. The maximum Gasteiger partial charge on any atom is 0.418 e. The topological polar surface area (TPSA) is 42.7 Å². The summed E-state index contributed by atoms with van der Waals surface area (Å²) >= 11 is 0. The van der Waals surface area contributed by atoms with Gasteiger partial charge in [-0.15, -0.1) is 5.10 Å². The van der Waals surface area contributed by atoms with Gasteiger partial charge < -0.3 is 4.72 Å². The Morgan fingerprint density at radius 1 is 1.14 bits per heavy atom. The van der Waals surface area contributed by atoms with E-state index in [0.717, 1.165) is 41.6 Å². The fourth-order valence-corrected chi connectivity index (χ4v) is 4.25. The van der Waals surface area contributed by atoms with Crippen molar-refractivity contribution in [1.82, 2.24) is 15.0 Å². The Morgan fingerprint density at radius 3 is 2.66 bits per heavy atom. The first-order valence-electron chi connectivity index (χ1n) is 9.39. The summed E-state index contributed by atoms with van der Waals surface area (Å²) in [6.45, 7) is 3.96. The first-order valence-corrected chi connectivity index (χ1v) is 10.7. The summed E-state index contributed by atoms with van der Waals surface area (Å²) in [5.74, 6) is 0. The van der Waals surface area contributed by atoms with Gasteiger partial charge >= 0.3 is 6.18 Å². The molecule has 0 aliphatic rings. The van der Waals surface area contributed by atoms with E-state index in [1.54, 1.807) is 10.7 Å². The Labute approximate surface area is 170 Å². The second-order valence-corrected chi connectivity index (χ2v) is 8.30. The first kappa shape index (κ1) is 21.1. The molecule has 0 radical (unpaired) electrons. The van der Waals surface area contributed by atoms with Crippen LogP contribution in [-0.2, 0) is 12.6 Å². The number of aromatic nitrogens is 3. The number of aryl methyl sites for hydroxylation is 1. The number of hydrogen-bond donors (Lipinski definition) is 1. The van der Waals surface area contributed by atoms with Crippen LogP contribution in [0.25, 0.3) is 5.69 Å². The molecule has 8 heteroatoms. The molecular weight excluding hydrogens is 397 g/mol. The molecule has 0 fully saturated rings. The van der Waals surface area contributed by atoms with Crippen molar-refractivity contribution >= 4 is 21.7 Å². The molecule has 0 aliphatic carbocycles. The Hall–Kier alpha value is -2.61. The van der Waals surface area contributed by atoms with E-state index in [0.29, 0.717) is 0 Å². The second-order valence-electron chi connectivity index (χ2n) is 6.47. The van der Waals surface area contributed by atoms with E-state index >= 15 is 0 Å². The van der Waals surface area contributed by atoms with E-state index in [1.807, 2.05) is 42.8 Å². The van der Waals surface area contributed by atoms with Crippen LogP contribution in [-0.4, -0.2) is 20.4 Å². The highest BCUT2D eigenvalue weighted by Gasteiger charge is 2.33. The summed E-state index contributed by atoms with van der Waals surface area (Å²) in [5.41, 5.74) is 1.14. The number of para-hydroxylation sites is 1. The molecule has 1 unspecified atom stereocenters. The van der Waals surface area contributed by atoms with Crippen LogP contribution in [0.2, 0.25) is 0 Å². The van der Waals surface area contributed by atoms with Crippen LogP contribution in [0.3, 0.4) is 0 Å². The number of halogens is 3. The maximum atomic E-state index is 13.3. The van der Waals surface area contributed by atoms with Crippen molar-refractivity contribution in [3.8, 4) is 5.69 Å². The van der Waals surface area contributed by atoms with Crippen molar-refractivity contribution in [2.75, 3.05) is 4.72 Å². The van der Waals surface area contributed by atoms with Crippen LogP contribution in [0.15, 0.2) is 59.6 Å². The lowest BCUT2D eigenvalue weighted by Crippen LogP contribution is -2.08. The number of anilines is 1. The van der Waals surface area contributed by atoms with Crippen LogP contribution in [0, 0.1) is 0 Å². The molecule has 3 rings (SSSR count). The third kappa shape index (κ3) is 5.26. The highest BCUT2D eigenvalue weighted by Crippen LogP contribution is 2.38. The van der Waals surface area contributed by atoms with Gasteiger partial charge in [-0.1, -0.05) is 47.4 Å². The Morgan fingerprint density at radius 2 is 1.93 bits per heavy atom. The molecular formula is C21H23F3N4S. The predicted molar refractivity (Wildman–Crippen MR) is 113 cm³/mol. The van der Waals surface area contributed by atoms with Gasteiger partial charge in [0.1, 0.15) is 0 Å². The molecule has 2 aromatic carbocycles.